The quantitative estimate of drug-likeness (QED) is 0.663. The Balaban J connectivity index is 2.39. The lowest BCUT2D eigenvalue weighted by Crippen LogP contribution is -2.04. The van der Waals surface area contributed by atoms with E-state index in [0.29, 0.717) is 10.0 Å². The molecule has 2 heterocycles. The normalized spacial score (nSPS) is 11.4. The Labute approximate surface area is 130 Å². The van der Waals surface area contributed by atoms with Crippen molar-refractivity contribution in [3.63, 3.8) is 0 Å². The van der Waals surface area contributed by atoms with Crippen LogP contribution in [0.2, 0.25) is 10.0 Å². The van der Waals surface area contributed by atoms with E-state index in [1.54, 1.807) is 16.8 Å². The smallest absolute Gasteiger partial charge is 0.163 e. The number of rotatable bonds is 2. The molecule has 4 nitrogen and oxygen atoms in total. The van der Waals surface area contributed by atoms with Crippen LogP contribution in [-0.2, 0) is 12.9 Å². The topological polar surface area (TPSA) is 35.6 Å². The number of aryl methyl sites for hydroxylation is 2. The molecule has 0 aliphatic heterocycles. The Hall–Kier alpha value is -1.23. The van der Waals surface area contributed by atoms with Gasteiger partial charge in [-0.1, -0.05) is 23.2 Å². The van der Waals surface area contributed by atoms with E-state index in [9.17, 15) is 0 Å². The zero-order chi connectivity index (χ0) is 14.4. The predicted molar refractivity (Wildman–Crippen MR) is 82.2 cm³/mol. The number of imidazole rings is 1. The van der Waals surface area contributed by atoms with Crippen molar-refractivity contribution in [3.05, 3.63) is 39.8 Å². The second kappa shape index (κ2) is 4.95. The van der Waals surface area contributed by atoms with Crippen LogP contribution in [0.5, 0.6) is 0 Å². The molecule has 20 heavy (non-hydrogen) atoms. The molecule has 0 fully saturated rings. The average Bonchev–Trinajstić information content (AvgIpc) is 2.89. The maximum Gasteiger partial charge on any atom is 0.163 e. The van der Waals surface area contributed by atoms with Crippen molar-refractivity contribution in [1.29, 1.82) is 0 Å². The monoisotopic (exact) mass is 328 g/mol. The SMILES string of the molecule is Cc1nn(C)c2c1nc(CCl)n2-c1ccc(Cl)cc1Cl. The summed E-state index contributed by atoms with van der Waals surface area (Å²) in [5.74, 6) is 1.01. The minimum atomic E-state index is 0.285. The highest BCUT2D eigenvalue weighted by molar-refractivity contribution is 6.35. The van der Waals surface area contributed by atoms with Crippen molar-refractivity contribution >= 4 is 46.0 Å². The number of nitrogens with zero attached hydrogens (tertiary/aromatic N) is 4. The van der Waals surface area contributed by atoms with Crippen molar-refractivity contribution in [3.8, 4) is 5.69 Å². The van der Waals surface area contributed by atoms with E-state index in [-0.39, 0.29) is 5.88 Å². The van der Waals surface area contributed by atoms with Gasteiger partial charge in [-0.25, -0.2) is 9.67 Å². The van der Waals surface area contributed by atoms with Gasteiger partial charge in [0.25, 0.3) is 0 Å². The van der Waals surface area contributed by atoms with Crippen LogP contribution in [0.25, 0.3) is 16.9 Å². The van der Waals surface area contributed by atoms with Gasteiger partial charge in [-0.3, -0.25) is 4.57 Å². The molecule has 0 amide bonds. The summed E-state index contributed by atoms with van der Waals surface area (Å²) in [5.41, 5.74) is 3.34. The van der Waals surface area contributed by atoms with Gasteiger partial charge >= 0.3 is 0 Å². The fourth-order valence-corrected chi connectivity index (χ4v) is 3.00. The number of fused-ring (bicyclic) bond motifs is 1. The first-order valence-corrected chi connectivity index (χ1v) is 7.24. The average molecular weight is 330 g/mol. The van der Waals surface area contributed by atoms with Crippen molar-refractivity contribution in [1.82, 2.24) is 19.3 Å². The third-order valence-corrected chi connectivity index (χ3v) is 3.92. The van der Waals surface area contributed by atoms with Gasteiger partial charge in [0.15, 0.2) is 5.65 Å². The molecule has 0 saturated heterocycles. The second-order valence-corrected chi connectivity index (χ2v) is 5.58. The summed E-state index contributed by atoms with van der Waals surface area (Å²) in [5, 5.41) is 5.51. The summed E-state index contributed by atoms with van der Waals surface area (Å²) in [4.78, 5) is 4.55. The lowest BCUT2D eigenvalue weighted by atomic mass is 10.3. The van der Waals surface area contributed by atoms with Gasteiger partial charge in [0.05, 0.1) is 22.3 Å². The molecule has 1 aromatic carbocycles. The minimum Gasteiger partial charge on any atom is -0.278 e. The molecular weight excluding hydrogens is 319 g/mol. The molecule has 0 radical (unpaired) electrons. The number of hydrogen-bond acceptors (Lipinski definition) is 2. The summed E-state index contributed by atoms with van der Waals surface area (Å²) in [7, 11) is 1.87. The molecule has 0 bridgehead atoms. The van der Waals surface area contributed by atoms with Gasteiger partial charge in [0.1, 0.15) is 11.3 Å². The largest absolute Gasteiger partial charge is 0.278 e. The Bertz CT molecular complexity index is 804. The summed E-state index contributed by atoms with van der Waals surface area (Å²) in [6, 6.07) is 5.34. The van der Waals surface area contributed by atoms with Crippen LogP contribution in [-0.4, -0.2) is 19.3 Å². The fraction of sp³-hybridized carbons (Fsp3) is 0.231. The summed E-state index contributed by atoms with van der Waals surface area (Å²) >= 11 is 18.3. The van der Waals surface area contributed by atoms with Gasteiger partial charge in [-0.15, -0.1) is 11.6 Å². The maximum atomic E-state index is 6.30. The van der Waals surface area contributed by atoms with Crippen molar-refractivity contribution in [2.75, 3.05) is 0 Å². The third kappa shape index (κ3) is 1.99. The predicted octanol–water partition coefficient (Wildman–Crippen LogP) is 4.11. The molecular formula is C13H11Cl3N4. The van der Waals surface area contributed by atoms with Crippen molar-refractivity contribution in [2.45, 2.75) is 12.8 Å². The van der Waals surface area contributed by atoms with Crippen LogP contribution in [0.4, 0.5) is 0 Å². The molecule has 104 valence electrons. The fourth-order valence-electron chi connectivity index (χ4n) is 2.32. The molecule has 3 rings (SSSR count). The summed E-state index contributed by atoms with van der Waals surface area (Å²) < 4.78 is 3.69. The number of aromatic nitrogens is 4. The number of halogens is 3. The van der Waals surface area contributed by atoms with Crippen LogP contribution in [0.3, 0.4) is 0 Å². The van der Waals surface area contributed by atoms with Gasteiger partial charge in [0, 0.05) is 12.1 Å². The molecule has 7 heteroatoms. The van der Waals surface area contributed by atoms with E-state index >= 15 is 0 Å². The van der Waals surface area contributed by atoms with E-state index in [1.807, 2.05) is 24.6 Å². The van der Waals surface area contributed by atoms with E-state index in [1.165, 1.54) is 0 Å². The molecule has 0 atom stereocenters. The number of alkyl halides is 1. The third-order valence-electron chi connectivity index (χ3n) is 3.14. The standard InChI is InChI=1S/C13H11Cl3N4/c1-7-12-13(19(2)18-7)20(11(6-14)17-12)10-4-3-8(15)5-9(10)16/h3-5H,6H2,1-2H3. The zero-order valence-corrected chi connectivity index (χ0v) is 13.1. The Morgan fingerprint density at radius 3 is 2.65 bits per heavy atom. The molecule has 0 aliphatic carbocycles. The van der Waals surface area contributed by atoms with Gasteiger partial charge in [-0.2, -0.15) is 5.10 Å². The highest BCUT2D eigenvalue weighted by Crippen LogP contribution is 2.30. The minimum absolute atomic E-state index is 0.285. The highest BCUT2D eigenvalue weighted by Gasteiger charge is 2.19. The molecule has 0 unspecified atom stereocenters. The molecule has 0 saturated carbocycles. The molecule has 2 aromatic heterocycles. The van der Waals surface area contributed by atoms with Crippen LogP contribution < -0.4 is 0 Å². The first-order chi connectivity index (χ1) is 9.52. The second-order valence-electron chi connectivity index (χ2n) is 4.47. The first kappa shape index (κ1) is 13.7. The van der Waals surface area contributed by atoms with E-state index in [2.05, 4.69) is 10.1 Å². The van der Waals surface area contributed by atoms with Crippen LogP contribution in [0.1, 0.15) is 11.5 Å². The highest BCUT2D eigenvalue weighted by atomic mass is 35.5. The van der Waals surface area contributed by atoms with Gasteiger partial charge in [-0.05, 0) is 25.1 Å². The molecule has 0 N–H and O–H groups in total. The first-order valence-electron chi connectivity index (χ1n) is 5.95. The zero-order valence-electron chi connectivity index (χ0n) is 10.9. The molecule has 3 aromatic rings. The number of hydrogen-bond donors (Lipinski definition) is 0. The Morgan fingerprint density at radius 1 is 1.25 bits per heavy atom. The summed E-state index contributed by atoms with van der Waals surface area (Å²) in [6.45, 7) is 1.92. The van der Waals surface area contributed by atoms with E-state index in [4.69, 9.17) is 34.8 Å². The van der Waals surface area contributed by atoms with Crippen molar-refractivity contribution < 1.29 is 0 Å². The van der Waals surface area contributed by atoms with Crippen LogP contribution in [0, 0.1) is 6.92 Å². The lowest BCUT2D eigenvalue weighted by molar-refractivity contribution is 0.755. The Morgan fingerprint density at radius 2 is 2.00 bits per heavy atom. The Kier molecular flexibility index (Phi) is 3.40. The van der Waals surface area contributed by atoms with E-state index < -0.39 is 0 Å². The maximum absolute atomic E-state index is 6.30. The van der Waals surface area contributed by atoms with Gasteiger partial charge < -0.3 is 0 Å². The molecule has 0 aliphatic rings. The van der Waals surface area contributed by atoms with Gasteiger partial charge in [0.2, 0.25) is 0 Å². The number of benzene rings is 1. The van der Waals surface area contributed by atoms with E-state index in [0.717, 1.165) is 28.4 Å². The van der Waals surface area contributed by atoms with Crippen LogP contribution in [0.15, 0.2) is 18.2 Å². The lowest BCUT2D eigenvalue weighted by Gasteiger charge is -2.10. The van der Waals surface area contributed by atoms with Crippen LogP contribution >= 0.6 is 34.8 Å². The summed E-state index contributed by atoms with van der Waals surface area (Å²) in [6.07, 6.45) is 0. The molecule has 0 spiro atoms. The van der Waals surface area contributed by atoms with Crippen molar-refractivity contribution in [2.24, 2.45) is 7.05 Å².